The van der Waals surface area contributed by atoms with Crippen molar-refractivity contribution in [2.45, 2.75) is 64.5 Å². The molecule has 0 bridgehead atoms. The summed E-state index contributed by atoms with van der Waals surface area (Å²) in [7, 11) is 1.55. The van der Waals surface area contributed by atoms with Gasteiger partial charge in [-0.15, -0.1) is 0 Å². The van der Waals surface area contributed by atoms with Crippen LogP contribution in [0.4, 0.5) is 23.7 Å². The molecule has 0 radical (unpaired) electrons. The molecule has 0 fully saturated rings. The lowest BCUT2D eigenvalue weighted by Gasteiger charge is -2.37. The second-order valence-corrected chi connectivity index (χ2v) is 10.9. The Kier molecular flexibility index (Phi) is 8.97. The number of alkyl halides is 2. The number of ether oxygens (including phenoxy) is 3. The fourth-order valence-electron chi connectivity index (χ4n) is 4.36. The Hall–Kier alpha value is -3.27. The Labute approximate surface area is 221 Å². The van der Waals surface area contributed by atoms with E-state index in [0.29, 0.717) is 17.7 Å². The van der Waals surface area contributed by atoms with E-state index in [-0.39, 0.29) is 24.4 Å². The maximum absolute atomic E-state index is 15.1. The standard InChI is InChI=1S/C28H35F3N2O5/c1-27(2,3)38-26(35)33-12-11-17-13-19(36-6)8-9-20(17)24(33)25(34)32-18-7-10-21(22(29)14-18)28(4,5)16-37-15-23(30)31/h7-10,13-14,23-24H,11-12,15-16H2,1-6H3,(H,32,34)/t24-/m1/s1. The van der Waals surface area contributed by atoms with Gasteiger partial charge in [0.15, 0.2) is 0 Å². The highest BCUT2D eigenvalue weighted by Crippen LogP contribution is 2.35. The van der Waals surface area contributed by atoms with Gasteiger partial charge in [0.1, 0.15) is 29.8 Å². The number of benzene rings is 2. The number of hydrogen-bond donors (Lipinski definition) is 1. The summed E-state index contributed by atoms with van der Waals surface area (Å²) in [6.45, 7) is 8.00. The topological polar surface area (TPSA) is 77.1 Å². The van der Waals surface area contributed by atoms with Gasteiger partial charge in [0.05, 0.1) is 13.7 Å². The summed E-state index contributed by atoms with van der Waals surface area (Å²) in [6, 6.07) is 8.45. The molecule has 1 aliphatic rings. The molecule has 0 aromatic heterocycles. The number of carbonyl (C=O) groups excluding carboxylic acids is 2. The van der Waals surface area contributed by atoms with Gasteiger partial charge in [-0.3, -0.25) is 9.69 Å². The van der Waals surface area contributed by atoms with Gasteiger partial charge in [0.2, 0.25) is 0 Å². The molecule has 7 nitrogen and oxygen atoms in total. The third-order valence-electron chi connectivity index (χ3n) is 6.13. The van der Waals surface area contributed by atoms with Crippen LogP contribution in [0.25, 0.3) is 0 Å². The van der Waals surface area contributed by atoms with Crippen molar-refractivity contribution >= 4 is 17.7 Å². The molecule has 208 valence electrons. The lowest BCUT2D eigenvalue weighted by Crippen LogP contribution is -2.47. The van der Waals surface area contributed by atoms with E-state index in [1.54, 1.807) is 53.9 Å². The fourth-order valence-corrected chi connectivity index (χ4v) is 4.36. The lowest BCUT2D eigenvalue weighted by molar-refractivity contribution is -0.122. The van der Waals surface area contributed by atoms with Crippen LogP contribution in [-0.4, -0.2) is 55.8 Å². The van der Waals surface area contributed by atoms with E-state index in [0.717, 1.165) is 11.6 Å². The molecule has 0 aliphatic carbocycles. The zero-order valence-electron chi connectivity index (χ0n) is 22.6. The summed E-state index contributed by atoms with van der Waals surface area (Å²) in [5, 5.41) is 2.72. The number of halogens is 3. The summed E-state index contributed by atoms with van der Waals surface area (Å²) in [5.74, 6) is -0.522. The van der Waals surface area contributed by atoms with E-state index >= 15 is 4.39 Å². The SMILES string of the molecule is COc1ccc2c(c1)CCN(C(=O)OC(C)(C)C)[C@H]2C(=O)Nc1ccc(C(C)(C)COCC(F)F)c(F)c1. The second-order valence-electron chi connectivity index (χ2n) is 10.9. The van der Waals surface area contributed by atoms with Crippen LogP contribution in [0.3, 0.4) is 0 Å². The monoisotopic (exact) mass is 536 g/mol. The Morgan fingerprint density at radius 2 is 1.82 bits per heavy atom. The van der Waals surface area contributed by atoms with Gasteiger partial charge in [-0.1, -0.05) is 26.0 Å². The highest BCUT2D eigenvalue weighted by Gasteiger charge is 2.38. The summed E-state index contributed by atoms with van der Waals surface area (Å²) in [6.07, 6.45) is -2.74. The second kappa shape index (κ2) is 11.6. The molecule has 38 heavy (non-hydrogen) atoms. The minimum absolute atomic E-state index is 0.104. The van der Waals surface area contributed by atoms with E-state index in [9.17, 15) is 18.4 Å². The number of methoxy groups -OCH3 is 1. The molecule has 0 unspecified atom stereocenters. The number of anilines is 1. The maximum atomic E-state index is 15.1. The minimum atomic E-state index is -2.61. The van der Waals surface area contributed by atoms with Crippen LogP contribution in [-0.2, 0) is 26.1 Å². The van der Waals surface area contributed by atoms with Crippen LogP contribution < -0.4 is 10.1 Å². The smallest absolute Gasteiger partial charge is 0.411 e. The van der Waals surface area contributed by atoms with Gasteiger partial charge < -0.3 is 19.5 Å². The largest absolute Gasteiger partial charge is 0.497 e. The first-order valence-electron chi connectivity index (χ1n) is 12.3. The molecule has 1 N–H and O–H groups in total. The molecule has 0 saturated heterocycles. The number of nitrogens with zero attached hydrogens (tertiary/aromatic N) is 1. The Balaban J connectivity index is 1.87. The van der Waals surface area contributed by atoms with E-state index in [2.05, 4.69) is 5.32 Å². The van der Waals surface area contributed by atoms with E-state index in [1.807, 2.05) is 6.07 Å². The van der Waals surface area contributed by atoms with Crippen LogP contribution in [0.15, 0.2) is 36.4 Å². The summed E-state index contributed by atoms with van der Waals surface area (Å²) >= 11 is 0. The molecular formula is C28H35F3N2O5. The van der Waals surface area contributed by atoms with E-state index < -0.39 is 47.9 Å². The van der Waals surface area contributed by atoms with Gasteiger partial charge >= 0.3 is 6.09 Å². The molecule has 2 aromatic carbocycles. The molecule has 1 aliphatic heterocycles. The molecule has 1 atom stereocenters. The lowest BCUT2D eigenvalue weighted by atomic mass is 9.85. The summed E-state index contributed by atoms with van der Waals surface area (Å²) in [4.78, 5) is 28.0. The van der Waals surface area contributed by atoms with Crippen molar-refractivity contribution in [1.29, 1.82) is 0 Å². The van der Waals surface area contributed by atoms with Crippen LogP contribution in [0.2, 0.25) is 0 Å². The molecular weight excluding hydrogens is 501 g/mol. The third kappa shape index (κ3) is 7.18. The van der Waals surface area contributed by atoms with Crippen LogP contribution in [0.1, 0.15) is 57.4 Å². The molecule has 2 aromatic rings. The summed E-state index contributed by atoms with van der Waals surface area (Å²) < 4.78 is 55.8. The van der Waals surface area contributed by atoms with Crippen molar-refractivity contribution < 1.29 is 37.0 Å². The first-order chi connectivity index (χ1) is 17.7. The van der Waals surface area contributed by atoms with Crippen molar-refractivity contribution in [3.63, 3.8) is 0 Å². The minimum Gasteiger partial charge on any atom is -0.497 e. The fraction of sp³-hybridized carbons (Fsp3) is 0.500. The first kappa shape index (κ1) is 29.3. The van der Waals surface area contributed by atoms with Crippen LogP contribution in [0, 0.1) is 5.82 Å². The highest BCUT2D eigenvalue weighted by atomic mass is 19.3. The number of amides is 2. The molecule has 0 saturated carbocycles. The molecule has 2 amide bonds. The van der Waals surface area contributed by atoms with Crippen LogP contribution in [0.5, 0.6) is 5.75 Å². The predicted molar refractivity (Wildman–Crippen MR) is 137 cm³/mol. The number of nitrogens with one attached hydrogen (secondary N) is 1. The average molecular weight is 537 g/mol. The van der Waals surface area contributed by atoms with E-state index in [4.69, 9.17) is 14.2 Å². The van der Waals surface area contributed by atoms with Gasteiger partial charge in [-0.2, -0.15) is 0 Å². The molecule has 0 spiro atoms. The quantitative estimate of drug-likeness (QED) is 0.457. The normalized spacial score (nSPS) is 15.7. The molecule has 1 heterocycles. The van der Waals surface area contributed by atoms with Crippen LogP contribution >= 0.6 is 0 Å². The highest BCUT2D eigenvalue weighted by molar-refractivity contribution is 5.98. The molecule has 3 rings (SSSR count). The Morgan fingerprint density at radius 1 is 1.11 bits per heavy atom. The van der Waals surface area contributed by atoms with Gasteiger partial charge in [0.25, 0.3) is 12.3 Å². The Morgan fingerprint density at radius 3 is 2.42 bits per heavy atom. The van der Waals surface area contributed by atoms with Crippen molar-refractivity contribution in [2.75, 3.05) is 32.2 Å². The summed E-state index contributed by atoms with van der Waals surface area (Å²) in [5.41, 5.74) is 0.284. The van der Waals surface area contributed by atoms with Crippen molar-refractivity contribution in [1.82, 2.24) is 4.90 Å². The number of carbonyl (C=O) groups is 2. The first-order valence-corrected chi connectivity index (χ1v) is 12.3. The van der Waals surface area contributed by atoms with Gasteiger partial charge in [0, 0.05) is 17.6 Å². The van der Waals surface area contributed by atoms with Crippen molar-refractivity contribution in [2.24, 2.45) is 0 Å². The van der Waals surface area contributed by atoms with E-state index in [1.165, 1.54) is 17.0 Å². The third-order valence-corrected chi connectivity index (χ3v) is 6.13. The van der Waals surface area contributed by atoms with Crippen molar-refractivity contribution in [3.05, 3.63) is 58.9 Å². The van der Waals surface area contributed by atoms with Gasteiger partial charge in [-0.25, -0.2) is 18.0 Å². The van der Waals surface area contributed by atoms with Crippen molar-refractivity contribution in [3.8, 4) is 5.75 Å². The number of fused-ring (bicyclic) bond motifs is 1. The zero-order chi connectivity index (χ0) is 28.3. The maximum Gasteiger partial charge on any atom is 0.411 e. The predicted octanol–water partition coefficient (Wildman–Crippen LogP) is 5.87. The average Bonchev–Trinajstić information content (AvgIpc) is 2.81. The number of hydrogen-bond acceptors (Lipinski definition) is 5. The molecule has 10 heteroatoms. The zero-order valence-corrected chi connectivity index (χ0v) is 22.6. The number of rotatable bonds is 8. The Bertz CT molecular complexity index is 1160. The van der Waals surface area contributed by atoms with Gasteiger partial charge in [-0.05, 0) is 68.1 Å².